The van der Waals surface area contributed by atoms with Gasteiger partial charge in [-0.1, -0.05) is 39.0 Å². The molecule has 0 bridgehead atoms. The van der Waals surface area contributed by atoms with Gasteiger partial charge in [-0.2, -0.15) is 0 Å². The van der Waals surface area contributed by atoms with Crippen molar-refractivity contribution in [2.24, 2.45) is 11.3 Å². The molecule has 1 N–H and O–H groups in total. The van der Waals surface area contributed by atoms with Crippen LogP contribution in [0.5, 0.6) is 0 Å². The van der Waals surface area contributed by atoms with Crippen molar-refractivity contribution in [1.29, 1.82) is 0 Å². The summed E-state index contributed by atoms with van der Waals surface area (Å²) in [4.78, 5) is 28.8. The van der Waals surface area contributed by atoms with Crippen molar-refractivity contribution in [3.63, 3.8) is 0 Å². The Kier molecular flexibility index (Phi) is 7.06. The topological polar surface area (TPSA) is 52.7 Å². The zero-order chi connectivity index (χ0) is 19.2. The highest BCUT2D eigenvalue weighted by Gasteiger charge is 2.32. The zero-order valence-corrected chi connectivity index (χ0v) is 16.6. The van der Waals surface area contributed by atoms with Gasteiger partial charge in [-0.3, -0.25) is 9.59 Å². The minimum absolute atomic E-state index is 0.0332. The van der Waals surface area contributed by atoms with E-state index in [1.807, 2.05) is 43.9 Å². The number of carbonyl (C=O) groups excluding carboxylic acids is 2. The van der Waals surface area contributed by atoms with Crippen LogP contribution in [0.25, 0.3) is 0 Å². The fourth-order valence-corrected chi connectivity index (χ4v) is 3.30. The molecule has 0 saturated carbocycles. The maximum absolute atomic E-state index is 12.4. The minimum Gasteiger partial charge on any atom is -0.375 e. The van der Waals surface area contributed by atoms with Gasteiger partial charge in [0.2, 0.25) is 11.8 Å². The Morgan fingerprint density at radius 1 is 1.15 bits per heavy atom. The number of hydrogen-bond acceptors (Lipinski definition) is 3. The Morgan fingerprint density at radius 3 is 2.35 bits per heavy atom. The third kappa shape index (κ3) is 5.75. The van der Waals surface area contributed by atoms with Crippen LogP contribution in [0.2, 0.25) is 0 Å². The number of benzene rings is 1. The summed E-state index contributed by atoms with van der Waals surface area (Å²) in [5, 5.41) is 3.06. The first kappa shape index (κ1) is 20.3. The molecule has 1 aliphatic heterocycles. The summed E-state index contributed by atoms with van der Waals surface area (Å²) in [6.45, 7) is 8.80. The molecule has 0 aliphatic carbocycles. The second-order valence-electron chi connectivity index (χ2n) is 8.22. The zero-order valence-electron chi connectivity index (χ0n) is 16.6. The van der Waals surface area contributed by atoms with Crippen molar-refractivity contribution in [2.45, 2.75) is 40.0 Å². The normalized spacial score (nSPS) is 15.6. The molecule has 0 atom stereocenters. The Hall–Kier alpha value is -2.04. The van der Waals surface area contributed by atoms with E-state index in [-0.39, 0.29) is 23.1 Å². The lowest BCUT2D eigenvalue weighted by atomic mass is 9.90. The van der Waals surface area contributed by atoms with Gasteiger partial charge in [0.05, 0.1) is 0 Å². The van der Waals surface area contributed by atoms with E-state index in [1.54, 1.807) is 0 Å². The summed E-state index contributed by atoms with van der Waals surface area (Å²) in [6, 6.07) is 10.3. The van der Waals surface area contributed by atoms with E-state index < -0.39 is 0 Å². The van der Waals surface area contributed by atoms with Gasteiger partial charge in [0.25, 0.3) is 0 Å². The minimum atomic E-state index is -0.347. The molecule has 1 aromatic carbocycles. The number of rotatable bonds is 6. The Balaban J connectivity index is 1.66. The van der Waals surface area contributed by atoms with Crippen LogP contribution in [0.3, 0.4) is 0 Å². The molecule has 0 aromatic heterocycles. The maximum Gasteiger partial charge on any atom is 0.227 e. The monoisotopic (exact) mass is 359 g/mol. The van der Waals surface area contributed by atoms with Crippen LogP contribution in [0.15, 0.2) is 30.3 Å². The average molecular weight is 360 g/mol. The van der Waals surface area contributed by atoms with Crippen LogP contribution >= 0.6 is 0 Å². The third-order valence-electron chi connectivity index (χ3n) is 4.96. The number of nitrogens with zero attached hydrogens (tertiary/aromatic N) is 2. The van der Waals surface area contributed by atoms with Crippen molar-refractivity contribution >= 4 is 17.5 Å². The molecular formula is C21H33N3O2. The summed E-state index contributed by atoms with van der Waals surface area (Å²) < 4.78 is 0. The van der Waals surface area contributed by atoms with Crippen molar-refractivity contribution in [1.82, 2.24) is 10.2 Å². The molecule has 1 heterocycles. The van der Waals surface area contributed by atoms with Gasteiger partial charge in [-0.15, -0.1) is 0 Å². The van der Waals surface area contributed by atoms with Crippen molar-refractivity contribution in [2.75, 3.05) is 38.1 Å². The number of piperidine rings is 1. The Morgan fingerprint density at radius 2 is 1.77 bits per heavy atom. The lowest BCUT2D eigenvalue weighted by molar-refractivity contribution is -0.142. The standard InChI is InChI=1S/C21H33N3O2/c1-21(2,3)20(26)24-15-11-17(12-16-24)19(25)22-13-8-14-23(4)18-9-6-5-7-10-18/h5-7,9-10,17H,8,11-16H2,1-4H3,(H,22,25). The first-order valence-corrected chi connectivity index (χ1v) is 9.62. The molecule has 2 rings (SSSR count). The van der Waals surface area contributed by atoms with Gasteiger partial charge in [-0.05, 0) is 31.4 Å². The number of hydrogen-bond donors (Lipinski definition) is 1. The highest BCUT2D eigenvalue weighted by Crippen LogP contribution is 2.23. The molecule has 0 radical (unpaired) electrons. The van der Waals surface area contributed by atoms with Crippen molar-refractivity contribution < 1.29 is 9.59 Å². The first-order valence-electron chi connectivity index (χ1n) is 9.62. The molecule has 2 amide bonds. The highest BCUT2D eigenvalue weighted by molar-refractivity contribution is 5.82. The molecule has 5 nitrogen and oxygen atoms in total. The maximum atomic E-state index is 12.4. The van der Waals surface area contributed by atoms with Gasteiger partial charge in [0, 0.05) is 50.2 Å². The fraction of sp³-hybridized carbons (Fsp3) is 0.619. The van der Waals surface area contributed by atoms with E-state index in [0.29, 0.717) is 19.6 Å². The van der Waals surface area contributed by atoms with Crippen molar-refractivity contribution in [3.05, 3.63) is 30.3 Å². The van der Waals surface area contributed by atoms with E-state index >= 15 is 0 Å². The quantitative estimate of drug-likeness (QED) is 0.795. The molecule has 1 aromatic rings. The predicted octanol–water partition coefficient (Wildman–Crippen LogP) is 2.91. The van der Waals surface area contributed by atoms with Crippen LogP contribution in [0.4, 0.5) is 5.69 Å². The van der Waals surface area contributed by atoms with Crippen LogP contribution < -0.4 is 10.2 Å². The predicted molar refractivity (Wildman–Crippen MR) is 106 cm³/mol. The van der Waals surface area contributed by atoms with E-state index in [1.165, 1.54) is 5.69 Å². The molecule has 144 valence electrons. The summed E-state index contributed by atoms with van der Waals surface area (Å²) in [7, 11) is 2.07. The van der Waals surface area contributed by atoms with Gasteiger partial charge < -0.3 is 15.1 Å². The molecule has 1 aliphatic rings. The van der Waals surface area contributed by atoms with E-state index in [4.69, 9.17) is 0 Å². The van der Waals surface area contributed by atoms with Crippen LogP contribution in [0.1, 0.15) is 40.0 Å². The molecule has 0 spiro atoms. The molecular weight excluding hydrogens is 326 g/mol. The number of anilines is 1. The van der Waals surface area contributed by atoms with E-state index in [0.717, 1.165) is 25.8 Å². The second kappa shape index (κ2) is 9.06. The first-order chi connectivity index (χ1) is 12.3. The highest BCUT2D eigenvalue weighted by atomic mass is 16.2. The molecule has 26 heavy (non-hydrogen) atoms. The lowest BCUT2D eigenvalue weighted by Gasteiger charge is -2.35. The number of likely N-dealkylation sites (tertiary alicyclic amines) is 1. The Bertz CT molecular complexity index is 587. The molecule has 1 saturated heterocycles. The molecule has 1 fully saturated rings. The molecule has 0 unspecified atom stereocenters. The van der Waals surface area contributed by atoms with Gasteiger partial charge in [0.15, 0.2) is 0 Å². The summed E-state index contributed by atoms with van der Waals surface area (Å²) in [6.07, 6.45) is 2.44. The van der Waals surface area contributed by atoms with Crippen LogP contribution in [-0.4, -0.2) is 49.9 Å². The number of amides is 2. The number of nitrogens with one attached hydrogen (secondary N) is 1. The summed E-state index contributed by atoms with van der Waals surface area (Å²) >= 11 is 0. The Labute approximate surface area is 157 Å². The van der Waals surface area contributed by atoms with Gasteiger partial charge >= 0.3 is 0 Å². The lowest BCUT2D eigenvalue weighted by Crippen LogP contribution is -2.46. The van der Waals surface area contributed by atoms with Gasteiger partial charge in [0.1, 0.15) is 0 Å². The summed E-state index contributed by atoms with van der Waals surface area (Å²) in [5.74, 6) is 0.349. The van der Waals surface area contributed by atoms with E-state index in [9.17, 15) is 9.59 Å². The van der Waals surface area contributed by atoms with Crippen molar-refractivity contribution in [3.8, 4) is 0 Å². The molecule has 5 heteroatoms. The smallest absolute Gasteiger partial charge is 0.227 e. The van der Waals surface area contributed by atoms with Gasteiger partial charge in [-0.25, -0.2) is 0 Å². The van der Waals surface area contributed by atoms with Crippen LogP contribution in [-0.2, 0) is 9.59 Å². The SMILES string of the molecule is CN(CCCNC(=O)C1CCN(C(=O)C(C)(C)C)CC1)c1ccccc1. The third-order valence-corrected chi connectivity index (χ3v) is 4.96. The fourth-order valence-electron chi connectivity index (χ4n) is 3.30. The number of para-hydroxylation sites is 1. The second-order valence-corrected chi connectivity index (χ2v) is 8.22. The summed E-state index contributed by atoms with van der Waals surface area (Å²) in [5.41, 5.74) is 0.842. The van der Waals surface area contributed by atoms with E-state index in [2.05, 4.69) is 29.4 Å². The average Bonchev–Trinajstić information content (AvgIpc) is 2.64. The number of carbonyl (C=O) groups is 2. The van der Waals surface area contributed by atoms with Crippen LogP contribution in [0, 0.1) is 11.3 Å². The largest absolute Gasteiger partial charge is 0.375 e.